The van der Waals surface area contributed by atoms with E-state index < -0.39 is 0 Å². The highest BCUT2D eigenvalue weighted by atomic mass is 32.2. The number of nitrogens with zero attached hydrogens (tertiary/aromatic N) is 1. The first-order valence-electron chi connectivity index (χ1n) is 7.55. The van der Waals surface area contributed by atoms with E-state index in [0.29, 0.717) is 6.54 Å². The Morgan fingerprint density at radius 3 is 2.48 bits per heavy atom. The fourth-order valence-corrected chi connectivity index (χ4v) is 3.74. The van der Waals surface area contributed by atoms with Crippen molar-refractivity contribution >= 4 is 17.7 Å². The molecule has 21 heavy (non-hydrogen) atoms. The Morgan fingerprint density at radius 1 is 1.19 bits per heavy atom. The summed E-state index contributed by atoms with van der Waals surface area (Å²) in [6.45, 7) is 0.411. The van der Waals surface area contributed by atoms with Crippen LogP contribution in [-0.2, 0) is 4.79 Å². The molecule has 1 amide bonds. The maximum atomic E-state index is 12.3. The van der Waals surface area contributed by atoms with Gasteiger partial charge in [0, 0.05) is 10.9 Å². The minimum absolute atomic E-state index is 0.0198. The van der Waals surface area contributed by atoms with Gasteiger partial charge in [-0.15, -0.1) is 11.8 Å². The number of hydrogen-bond acceptors (Lipinski definition) is 4. The van der Waals surface area contributed by atoms with Crippen LogP contribution in [0.5, 0.6) is 0 Å². The predicted molar refractivity (Wildman–Crippen MR) is 84.1 cm³/mol. The standard InChI is InChI=1S/C16H22N2O2S/c1-21-14-8-2-11(3-9-14)16-17-10-15(20)18(16)12-4-6-13(19)7-5-12/h2-3,8-9,12-13,16-17,19H,4-7,10H2,1H3. The SMILES string of the molecule is CSc1ccc(C2NCC(=O)N2C2CCC(O)CC2)cc1. The molecule has 1 saturated heterocycles. The van der Waals surface area contributed by atoms with Crippen molar-refractivity contribution < 1.29 is 9.90 Å². The van der Waals surface area contributed by atoms with Crippen LogP contribution in [0.4, 0.5) is 0 Å². The second kappa shape index (κ2) is 6.38. The fourth-order valence-electron chi connectivity index (χ4n) is 3.33. The van der Waals surface area contributed by atoms with Gasteiger partial charge in [0.1, 0.15) is 6.17 Å². The van der Waals surface area contributed by atoms with Crippen LogP contribution in [0.2, 0.25) is 0 Å². The first-order valence-corrected chi connectivity index (χ1v) is 8.78. The van der Waals surface area contributed by atoms with Crippen LogP contribution in [0, 0.1) is 0 Å². The Bertz CT molecular complexity index is 498. The van der Waals surface area contributed by atoms with Crippen molar-refractivity contribution in [3.8, 4) is 0 Å². The fraction of sp³-hybridized carbons (Fsp3) is 0.562. The van der Waals surface area contributed by atoms with Crippen LogP contribution < -0.4 is 5.32 Å². The van der Waals surface area contributed by atoms with Gasteiger partial charge in [0.2, 0.25) is 5.91 Å². The molecule has 2 fully saturated rings. The number of aliphatic hydroxyl groups is 1. The van der Waals surface area contributed by atoms with Gasteiger partial charge in [0.25, 0.3) is 0 Å². The zero-order valence-corrected chi connectivity index (χ0v) is 13.1. The quantitative estimate of drug-likeness (QED) is 0.840. The molecular formula is C16H22N2O2S. The van der Waals surface area contributed by atoms with Gasteiger partial charge < -0.3 is 10.0 Å². The summed E-state index contributed by atoms with van der Waals surface area (Å²) in [5.41, 5.74) is 1.14. The summed E-state index contributed by atoms with van der Waals surface area (Å²) < 4.78 is 0. The van der Waals surface area contributed by atoms with E-state index in [0.717, 1.165) is 31.2 Å². The van der Waals surface area contributed by atoms with Gasteiger partial charge in [-0.25, -0.2) is 0 Å². The average Bonchev–Trinajstić information content (AvgIpc) is 2.90. The number of aliphatic hydroxyl groups excluding tert-OH is 1. The third kappa shape index (κ3) is 3.10. The average molecular weight is 306 g/mol. The Labute approximate surface area is 129 Å². The second-order valence-electron chi connectivity index (χ2n) is 5.82. The van der Waals surface area contributed by atoms with E-state index in [1.807, 2.05) is 4.90 Å². The molecule has 4 nitrogen and oxygen atoms in total. The normalized spacial score (nSPS) is 29.9. The summed E-state index contributed by atoms with van der Waals surface area (Å²) in [5, 5.41) is 13.0. The highest BCUT2D eigenvalue weighted by Crippen LogP contribution is 2.32. The van der Waals surface area contributed by atoms with Crippen LogP contribution >= 0.6 is 11.8 Å². The van der Waals surface area contributed by atoms with E-state index in [2.05, 4.69) is 35.8 Å². The zero-order chi connectivity index (χ0) is 14.8. The summed E-state index contributed by atoms with van der Waals surface area (Å²) in [4.78, 5) is 15.5. The number of carbonyl (C=O) groups excluding carboxylic acids is 1. The van der Waals surface area contributed by atoms with E-state index in [1.165, 1.54) is 4.90 Å². The number of thioether (sulfide) groups is 1. The van der Waals surface area contributed by atoms with Gasteiger partial charge in [-0.05, 0) is 49.6 Å². The van der Waals surface area contributed by atoms with Crippen molar-refractivity contribution in [2.45, 2.75) is 48.9 Å². The lowest BCUT2D eigenvalue weighted by atomic mass is 9.91. The number of benzene rings is 1. The van der Waals surface area contributed by atoms with Gasteiger partial charge in [0.15, 0.2) is 0 Å². The molecule has 2 N–H and O–H groups in total. The van der Waals surface area contributed by atoms with Crippen molar-refractivity contribution in [1.82, 2.24) is 10.2 Å². The molecule has 1 aliphatic carbocycles. The summed E-state index contributed by atoms with van der Waals surface area (Å²) in [7, 11) is 0. The van der Waals surface area contributed by atoms with E-state index in [4.69, 9.17) is 0 Å². The second-order valence-corrected chi connectivity index (χ2v) is 6.70. The summed E-state index contributed by atoms with van der Waals surface area (Å²) in [5.74, 6) is 0.176. The van der Waals surface area contributed by atoms with E-state index in [9.17, 15) is 9.90 Å². The molecule has 2 aliphatic rings. The van der Waals surface area contributed by atoms with Crippen LogP contribution in [-0.4, -0.2) is 40.9 Å². The molecule has 114 valence electrons. The summed E-state index contributed by atoms with van der Waals surface area (Å²) >= 11 is 1.72. The van der Waals surface area contributed by atoms with Gasteiger partial charge in [-0.3, -0.25) is 10.1 Å². The summed E-state index contributed by atoms with van der Waals surface area (Å²) in [6.07, 6.45) is 5.24. The van der Waals surface area contributed by atoms with Crippen LogP contribution in [0.3, 0.4) is 0 Å². The smallest absolute Gasteiger partial charge is 0.238 e. The molecule has 0 aromatic heterocycles. The molecule has 1 heterocycles. The molecule has 1 atom stereocenters. The number of amides is 1. The van der Waals surface area contributed by atoms with Crippen molar-refractivity contribution in [2.24, 2.45) is 0 Å². The summed E-state index contributed by atoms with van der Waals surface area (Å²) in [6, 6.07) is 8.67. The number of nitrogens with one attached hydrogen (secondary N) is 1. The Balaban J connectivity index is 1.78. The lowest BCUT2D eigenvalue weighted by molar-refractivity contribution is -0.131. The van der Waals surface area contributed by atoms with Gasteiger partial charge in [0.05, 0.1) is 12.6 Å². The van der Waals surface area contributed by atoms with Crippen LogP contribution in [0.15, 0.2) is 29.2 Å². The highest BCUT2D eigenvalue weighted by molar-refractivity contribution is 7.98. The molecule has 1 aliphatic heterocycles. The molecular weight excluding hydrogens is 284 g/mol. The van der Waals surface area contributed by atoms with Crippen molar-refractivity contribution in [1.29, 1.82) is 0 Å². The zero-order valence-electron chi connectivity index (χ0n) is 12.3. The molecule has 1 unspecified atom stereocenters. The van der Waals surface area contributed by atoms with Crippen molar-refractivity contribution in [3.05, 3.63) is 29.8 Å². The van der Waals surface area contributed by atoms with E-state index in [1.54, 1.807) is 11.8 Å². The number of hydrogen-bond donors (Lipinski definition) is 2. The first kappa shape index (κ1) is 14.9. The molecule has 0 spiro atoms. The van der Waals surface area contributed by atoms with Gasteiger partial charge in [-0.2, -0.15) is 0 Å². The lowest BCUT2D eigenvalue weighted by Crippen LogP contribution is -2.42. The lowest BCUT2D eigenvalue weighted by Gasteiger charge is -2.36. The topological polar surface area (TPSA) is 52.6 Å². The number of carbonyl (C=O) groups is 1. The Kier molecular flexibility index (Phi) is 4.52. The van der Waals surface area contributed by atoms with E-state index in [-0.39, 0.29) is 24.2 Å². The maximum absolute atomic E-state index is 12.3. The Hall–Kier alpha value is -1.04. The van der Waals surface area contributed by atoms with Crippen molar-refractivity contribution in [2.75, 3.05) is 12.8 Å². The molecule has 1 aromatic carbocycles. The van der Waals surface area contributed by atoms with Crippen LogP contribution in [0.25, 0.3) is 0 Å². The van der Waals surface area contributed by atoms with Gasteiger partial charge >= 0.3 is 0 Å². The van der Waals surface area contributed by atoms with Crippen molar-refractivity contribution in [3.63, 3.8) is 0 Å². The minimum atomic E-state index is -0.189. The largest absolute Gasteiger partial charge is 0.393 e. The third-order valence-electron chi connectivity index (χ3n) is 4.50. The number of rotatable bonds is 3. The predicted octanol–water partition coefficient (Wildman–Crippen LogP) is 2.14. The minimum Gasteiger partial charge on any atom is -0.393 e. The van der Waals surface area contributed by atoms with Crippen LogP contribution in [0.1, 0.15) is 37.4 Å². The third-order valence-corrected chi connectivity index (χ3v) is 5.25. The molecule has 0 radical (unpaired) electrons. The Morgan fingerprint density at radius 2 is 1.86 bits per heavy atom. The highest BCUT2D eigenvalue weighted by Gasteiger charge is 2.38. The first-order chi connectivity index (χ1) is 10.2. The monoisotopic (exact) mass is 306 g/mol. The molecule has 0 bridgehead atoms. The molecule has 3 rings (SSSR count). The molecule has 5 heteroatoms. The molecule has 1 aromatic rings. The maximum Gasteiger partial charge on any atom is 0.238 e. The van der Waals surface area contributed by atoms with Gasteiger partial charge in [-0.1, -0.05) is 12.1 Å². The van der Waals surface area contributed by atoms with E-state index >= 15 is 0 Å². The molecule has 1 saturated carbocycles.